The molecule has 0 bridgehead atoms. The fourth-order valence-electron chi connectivity index (χ4n) is 4.87. The van der Waals surface area contributed by atoms with Gasteiger partial charge in [0.1, 0.15) is 17.9 Å². The maximum Gasteiger partial charge on any atom is 0.248 e. The predicted molar refractivity (Wildman–Crippen MR) is 142 cm³/mol. The molecule has 1 saturated carbocycles. The lowest BCUT2D eigenvalue weighted by atomic mass is 9.93. The number of carbonyl (C=O) groups is 2. The summed E-state index contributed by atoms with van der Waals surface area (Å²) in [4.78, 5) is 29.1. The van der Waals surface area contributed by atoms with Crippen molar-refractivity contribution in [1.29, 1.82) is 5.26 Å². The molecule has 3 aromatic rings. The van der Waals surface area contributed by atoms with E-state index in [2.05, 4.69) is 16.7 Å². The van der Waals surface area contributed by atoms with Gasteiger partial charge in [0.15, 0.2) is 0 Å². The maximum absolute atomic E-state index is 14.4. The first-order valence-electron chi connectivity index (χ1n) is 12.6. The number of nitrogens with zero attached hydrogens (tertiary/aromatic N) is 2. The molecule has 2 N–H and O–H groups in total. The molecular formula is C30H31FN4O2. The van der Waals surface area contributed by atoms with Gasteiger partial charge in [-0.1, -0.05) is 61.7 Å². The Bertz CT molecular complexity index is 1300. The average Bonchev–Trinajstić information content (AvgIpc) is 2.91. The summed E-state index contributed by atoms with van der Waals surface area (Å²) in [6, 6.07) is 21.2. The number of halogens is 1. The van der Waals surface area contributed by atoms with E-state index in [1.807, 2.05) is 31.2 Å². The smallest absolute Gasteiger partial charge is 0.248 e. The summed E-state index contributed by atoms with van der Waals surface area (Å²) < 4.78 is 14.4. The molecule has 1 atom stereocenters. The van der Waals surface area contributed by atoms with E-state index in [1.165, 1.54) is 23.1 Å². The van der Waals surface area contributed by atoms with Gasteiger partial charge in [-0.2, -0.15) is 5.26 Å². The highest BCUT2D eigenvalue weighted by atomic mass is 19.1. The second kappa shape index (κ2) is 12.2. The summed E-state index contributed by atoms with van der Waals surface area (Å²) >= 11 is 0. The van der Waals surface area contributed by atoms with Crippen LogP contribution in [0.4, 0.5) is 15.8 Å². The zero-order valence-electron chi connectivity index (χ0n) is 20.9. The molecule has 0 aliphatic heterocycles. The van der Waals surface area contributed by atoms with Crippen molar-refractivity contribution in [1.82, 2.24) is 5.32 Å². The summed E-state index contributed by atoms with van der Waals surface area (Å²) in [6.45, 7) is 1.71. The van der Waals surface area contributed by atoms with Gasteiger partial charge >= 0.3 is 0 Å². The van der Waals surface area contributed by atoms with Crippen molar-refractivity contribution in [2.24, 2.45) is 0 Å². The molecule has 37 heavy (non-hydrogen) atoms. The Labute approximate surface area is 217 Å². The summed E-state index contributed by atoms with van der Waals surface area (Å²) in [5.74, 6) is -1.23. The predicted octanol–water partition coefficient (Wildman–Crippen LogP) is 5.64. The highest BCUT2D eigenvalue weighted by Gasteiger charge is 2.35. The molecule has 1 aliphatic rings. The Kier molecular flexibility index (Phi) is 8.52. The molecule has 1 fully saturated rings. The van der Waals surface area contributed by atoms with Gasteiger partial charge in [-0.3, -0.25) is 14.5 Å². The summed E-state index contributed by atoms with van der Waals surface area (Å²) in [5.41, 5.74) is 2.72. The van der Waals surface area contributed by atoms with E-state index < -0.39 is 17.8 Å². The number of hydrogen-bond donors (Lipinski definition) is 2. The molecule has 3 aromatic carbocycles. The molecule has 0 aromatic heterocycles. The highest BCUT2D eigenvalue weighted by Crippen LogP contribution is 2.31. The SMILES string of the molecule is Cc1ccccc1C(C(=O)NC1CCCCC1)N(C(=O)CNc1ccccc1C#N)c1cccc(F)c1. The van der Waals surface area contributed by atoms with Gasteiger partial charge in [-0.15, -0.1) is 0 Å². The van der Waals surface area contributed by atoms with Gasteiger partial charge in [-0.25, -0.2) is 4.39 Å². The summed E-state index contributed by atoms with van der Waals surface area (Å²) in [5, 5.41) is 15.6. The average molecular weight is 499 g/mol. The molecule has 1 aliphatic carbocycles. The number of carbonyl (C=O) groups excluding carboxylic acids is 2. The molecule has 4 rings (SSSR count). The summed E-state index contributed by atoms with van der Waals surface area (Å²) in [7, 11) is 0. The second-order valence-corrected chi connectivity index (χ2v) is 9.36. The van der Waals surface area contributed by atoms with Crippen molar-refractivity contribution in [3.05, 3.63) is 95.3 Å². The van der Waals surface area contributed by atoms with Gasteiger partial charge in [0.25, 0.3) is 0 Å². The van der Waals surface area contributed by atoms with Gasteiger partial charge in [0.2, 0.25) is 11.8 Å². The van der Waals surface area contributed by atoms with Gasteiger partial charge in [-0.05, 0) is 61.2 Å². The van der Waals surface area contributed by atoms with Gasteiger partial charge in [0.05, 0.1) is 17.8 Å². The highest BCUT2D eigenvalue weighted by molar-refractivity contribution is 6.03. The fourth-order valence-corrected chi connectivity index (χ4v) is 4.87. The van der Waals surface area contributed by atoms with E-state index in [0.29, 0.717) is 16.8 Å². The van der Waals surface area contributed by atoms with E-state index in [4.69, 9.17) is 0 Å². The van der Waals surface area contributed by atoms with Crippen molar-refractivity contribution >= 4 is 23.2 Å². The number of amides is 2. The quantitative estimate of drug-likeness (QED) is 0.421. The van der Waals surface area contributed by atoms with Crippen LogP contribution in [0.3, 0.4) is 0 Å². The zero-order valence-corrected chi connectivity index (χ0v) is 20.9. The van der Waals surface area contributed by atoms with Crippen LogP contribution in [0.15, 0.2) is 72.8 Å². The number of para-hydroxylation sites is 1. The molecule has 1 unspecified atom stereocenters. The standard InChI is InChI=1S/C30H31FN4O2/c1-21-10-5-7-16-26(21)29(30(37)34-24-13-3-2-4-14-24)35(25-15-9-12-23(31)18-25)28(36)20-33-27-17-8-6-11-22(27)19-32/h5-12,15-18,24,29,33H,2-4,13-14,20H2,1H3,(H,34,37). The van der Waals surface area contributed by atoms with Crippen LogP contribution in [0.5, 0.6) is 0 Å². The van der Waals surface area contributed by atoms with Crippen LogP contribution in [-0.4, -0.2) is 24.4 Å². The lowest BCUT2D eigenvalue weighted by Gasteiger charge is -2.34. The number of aryl methyl sites for hydroxylation is 1. The Balaban J connectivity index is 1.73. The first-order valence-corrected chi connectivity index (χ1v) is 12.6. The minimum Gasteiger partial charge on any atom is -0.375 e. The third-order valence-electron chi connectivity index (χ3n) is 6.77. The van der Waals surface area contributed by atoms with Crippen molar-refractivity contribution in [2.75, 3.05) is 16.8 Å². The first-order chi connectivity index (χ1) is 18.0. The van der Waals surface area contributed by atoms with E-state index in [9.17, 15) is 19.2 Å². The monoisotopic (exact) mass is 498 g/mol. The van der Waals surface area contributed by atoms with E-state index >= 15 is 0 Å². The molecule has 0 heterocycles. The van der Waals surface area contributed by atoms with Crippen molar-refractivity contribution in [2.45, 2.75) is 51.1 Å². The van der Waals surface area contributed by atoms with Gasteiger partial charge in [0, 0.05) is 11.7 Å². The van der Waals surface area contributed by atoms with E-state index in [-0.39, 0.29) is 24.2 Å². The molecule has 0 spiro atoms. The number of anilines is 2. The fraction of sp³-hybridized carbons (Fsp3) is 0.300. The Hall–Kier alpha value is -4.18. The Morgan fingerprint density at radius 3 is 2.49 bits per heavy atom. The van der Waals surface area contributed by atoms with Gasteiger partial charge < -0.3 is 10.6 Å². The van der Waals surface area contributed by atoms with E-state index in [1.54, 1.807) is 30.3 Å². The van der Waals surface area contributed by atoms with Crippen LogP contribution in [-0.2, 0) is 9.59 Å². The molecule has 190 valence electrons. The number of benzene rings is 3. The largest absolute Gasteiger partial charge is 0.375 e. The molecule has 7 heteroatoms. The number of nitriles is 1. The zero-order chi connectivity index (χ0) is 26.2. The van der Waals surface area contributed by atoms with Crippen LogP contribution in [0.1, 0.15) is 54.8 Å². The maximum atomic E-state index is 14.4. The third-order valence-corrected chi connectivity index (χ3v) is 6.77. The third kappa shape index (κ3) is 6.34. The molecular weight excluding hydrogens is 467 g/mol. The number of hydrogen-bond acceptors (Lipinski definition) is 4. The number of nitrogens with one attached hydrogen (secondary N) is 2. The molecule has 0 radical (unpaired) electrons. The molecule has 2 amide bonds. The lowest BCUT2D eigenvalue weighted by molar-refractivity contribution is -0.126. The van der Waals surface area contributed by atoms with Crippen LogP contribution >= 0.6 is 0 Å². The topological polar surface area (TPSA) is 85.2 Å². The van der Waals surface area contributed by atoms with Crippen LogP contribution in [0, 0.1) is 24.1 Å². The van der Waals surface area contributed by atoms with Crippen molar-refractivity contribution in [3.63, 3.8) is 0 Å². The van der Waals surface area contributed by atoms with Crippen molar-refractivity contribution in [3.8, 4) is 6.07 Å². The minimum atomic E-state index is -0.995. The molecule has 0 saturated heterocycles. The Morgan fingerprint density at radius 2 is 1.76 bits per heavy atom. The van der Waals surface area contributed by atoms with Crippen LogP contribution in [0.25, 0.3) is 0 Å². The summed E-state index contributed by atoms with van der Waals surface area (Å²) in [6.07, 6.45) is 5.04. The normalized spacial score (nSPS) is 14.3. The van der Waals surface area contributed by atoms with Crippen molar-refractivity contribution < 1.29 is 14.0 Å². The van der Waals surface area contributed by atoms with Crippen LogP contribution < -0.4 is 15.5 Å². The van der Waals surface area contributed by atoms with E-state index in [0.717, 1.165) is 37.7 Å². The Morgan fingerprint density at radius 1 is 1.03 bits per heavy atom. The first kappa shape index (κ1) is 25.9. The lowest BCUT2D eigenvalue weighted by Crippen LogP contribution is -2.49. The second-order valence-electron chi connectivity index (χ2n) is 9.36. The molecule has 6 nitrogen and oxygen atoms in total. The van der Waals surface area contributed by atoms with Crippen LogP contribution in [0.2, 0.25) is 0 Å². The number of rotatable bonds is 8. The minimum absolute atomic E-state index is 0.0397.